The van der Waals surface area contributed by atoms with Crippen molar-refractivity contribution in [1.29, 1.82) is 5.26 Å². The Balaban J connectivity index is 1.54. The highest BCUT2D eigenvalue weighted by Crippen LogP contribution is 2.47. The van der Waals surface area contributed by atoms with E-state index >= 15 is 0 Å². The molecule has 0 spiro atoms. The minimum atomic E-state index is -0.768. The zero-order valence-corrected chi connectivity index (χ0v) is 14.5. The monoisotopic (exact) mass is 349 g/mol. The van der Waals surface area contributed by atoms with Gasteiger partial charge in [0, 0.05) is 25.2 Å². The van der Waals surface area contributed by atoms with Gasteiger partial charge in [0.25, 0.3) is 0 Å². The van der Waals surface area contributed by atoms with Crippen molar-refractivity contribution in [2.24, 2.45) is 11.3 Å². The summed E-state index contributed by atoms with van der Waals surface area (Å²) in [5, 5.41) is 18.1. The number of aromatic amines is 1. The second kappa shape index (κ2) is 5.27. The van der Waals surface area contributed by atoms with Crippen LogP contribution in [0.25, 0.3) is 16.8 Å². The van der Waals surface area contributed by atoms with E-state index in [0.29, 0.717) is 37.5 Å². The topological polar surface area (TPSA) is 103 Å². The Morgan fingerprint density at radius 3 is 3.04 bits per heavy atom. The molecule has 1 unspecified atom stereocenters. The lowest BCUT2D eigenvalue weighted by molar-refractivity contribution is -0.136. The zero-order valence-electron chi connectivity index (χ0n) is 14.5. The molecule has 2 aliphatic rings. The molecule has 132 valence electrons. The van der Waals surface area contributed by atoms with Crippen molar-refractivity contribution in [3.8, 4) is 6.07 Å². The predicted octanol–water partition coefficient (Wildman–Crippen LogP) is 1.86. The second-order valence-corrected chi connectivity index (χ2v) is 7.54. The minimum Gasteiger partial charge on any atom is -0.345 e. The lowest BCUT2D eigenvalue weighted by Crippen LogP contribution is -2.45. The summed E-state index contributed by atoms with van der Waals surface area (Å²) in [4.78, 5) is 22.2. The van der Waals surface area contributed by atoms with Crippen LogP contribution in [-0.4, -0.2) is 48.5 Å². The van der Waals surface area contributed by atoms with Crippen molar-refractivity contribution in [2.75, 3.05) is 13.1 Å². The maximum Gasteiger partial charge on any atom is 0.243 e. The van der Waals surface area contributed by atoms with E-state index in [9.17, 15) is 10.1 Å². The smallest absolute Gasteiger partial charge is 0.243 e. The molecule has 1 aliphatic carbocycles. The van der Waals surface area contributed by atoms with E-state index in [1.165, 1.54) is 0 Å². The first kappa shape index (κ1) is 15.3. The van der Waals surface area contributed by atoms with Crippen LogP contribution in [0.4, 0.5) is 0 Å². The standard InChI is InChI=1S/C18H19N7O/c1-11-3-7-24(17(26)18(10-19)4-5-18)9-12(11)16-23-22-14-8-21-15-13(25(14)16)2-6-20-15/h2,6,8,11-12,20H,3-5,7,9H2,1H3/t11?,12-/m0/s1. The number of carbonyl (C=O) groups is 1. The molecule has 3 aromatic heterocycles. The lowest BCUT2D eigenvalue weighted by atomic mass is 9.85. The van der Waals surface area contributed by atoms with Gasteiger partial charge in [-0.25, -0.2) is 4.98 Å². The van der Waals surface area contributed by atoms with Crippen molar-refractivity contribution in [2.45, 2.75) is 32.1 Å². The summed E-state index contributed by atoms with van der Waals surface area (Å²) in [6.07, 6.45) is 5.82. The molecule has 4 heterocycles. The van der Waals surface area contributed by atoms with Gasteiger partial charge in [0.2, 0.25) is 5.91 Å². The zero-order chi connectivity index (χ0) is 17.9. The summed E-state index contributed by atoms with van der Waals surface area (Å²) in [5.41, 5.74) is 1.67. The number of piperidine rings is 1. The summed E-state index contributed by atoms with van der Waals surface area (Å²) in [6.45, 7) is 3.48. The second-order valence-electron chi connectivity index (χ2n) is 7.54. The molecule has 0 aromatic carbocycles. The molecule has 2 fully saturated rings. The Hall–Kier alpha value is -2.95. The number of fused-ring (bicyclic) bond motifs is 3. The van der Waals surface area contributed by atoms with Crippen molar-refractivity contribution in [3.63, 3.8) is 0 Å². The molecule has 1 saturated heterocycles. The van der Waals surface area contributed by atoms with Gasteiger partial charge < -0.3 is 9.88 Å². The molecular weight excluding hydrogens is 330 g/mol. The van der Waals surface area contributed by atoms with Gasteiger partial charge in [0.05, 0.1) is 17.8 Å². The van der Waals surface area contributed by atoms with Crippen LogP contribution in [0.5, 0.6) is 0 Å². The third-order valence-electron chi connectivity index (χ3n) is 5.92. The van der Waals surface area contributed by atoms with Gasteiger partial charge in [-0.15, -0.1) is 10.2 Å². The normalized spacial score (nSPS) is 24.7. The average Bonchev–Trinajstić information content (AvgIpc) is 3.11. The van der Waals surface area contributed by atoms with E-state index in [-0.39, 0.29) is 11.8 Å². The number of H-pyrrole nitrogens is 1. The Morgan fingerprint density at radius 2 is 2.27 bits per heavy atom. The maximum absolute atomic E-state index is 12.8. The van der Waals surface area contributed by atoms with E-state index in [0.717, 1.165) is 23.4 Å². The number of likely N-dealkylation sites (tertiary alicyclic amines) is 1. The van der Waals surface area contributed by atoms with E-state index < -0.39 is 5.41 Å². The number of amides is 1. The van der Waals surface area contributed by atoms with Gasteiger partial charge >= 0.3 is 0 Å². The molecule has 1 amide bonds. The predicted molar refractivity (Wildman–Crippen MR) is 93.0 cm³/mol. The highest BCUT2D eigenvalue weighted by atomic mass is 16.2. The van der Waals surface area contributed by atoms with Crippen molar-refractivity contribution < 1.29 is 4.79 Å². The molecule has 5 rings (SSSR count). The molecule has 8 heteroatoms. The first-order chi connectivity index (χ1) is 12.6. The number of nitrogens with zero attached hydrogens (tertiary/aromatic N) is 6. The average molecular weight is 349 g/mol. The first-order valence-corrected chi connectivity index (χ1v) is 9.01. The number of hydrogen-bond acceptors (Lipinski definition) is 5. The van der Waals surface area contributed by atoms with E-state index in [1.807, 2.05) is 21.6 Å². The molecule has 1 saturated carbocycles. The van der Waals surface area contributed by atoms with Crippen LogP contribution in [0.2, 0.25) is 0 Å². The van der Waals surface area contributed by atoms with Gasteiger partial charge in [-0.3, -0.25) is 9.20 Å². The van der Waals surface area contributed by atoms with Gasteiger partial charge in [0.1, 0.15) is 11.2 Å². The highest BCUT2D eigenvalue weighted by molar-refractivity contribution is 5.88. The molecule has 0 radical (unpaired) electrons. The number of nitrogens with one attached hydrogen (secondary N) is 1. The van der Waals surface area contributed by atoms with Crippen LogP contribution < -0.4 is 0 Å². The number of carbonyl (C=O) groups excluding carboxylic acids is 1. The molecule has 2 atom stereocenters. The van der Waals surface area contributed by atoms with Gasteiger partial charge in [0.15, 0.2) is 11.3 Å². The Morgan fingerprint density at radius 1 is 1.42 bits per heavy atom. The van der Waals surface area contributed by atoms with Crippen LogP contribution in [0, 0.1) is 22.7 Å². The van der Waals surface area contributed by atoms with Crippen molar-refractivity contribution in [1.82, 2.24) is 29.5 Å². The molecule has 3 aromatic rings. The molecule has 26 heavy (non-hydrogen) atoms. The Bertz CT molecular complexity index is 1050. The molecule has 0 bridgehead atoms. The molecule has 8 nitrogen and oxygen atoms in total. The molecular formula is C18H19N7O. The summed E-state index contributed by atoms with van der Waals surface area (Å²) < 4.78 is 2.03. The van der Waals surface area contributed by atoms with Crippen LogP contribution in [0.3, 0.4) is 0 Å². The Labute approximate surface area is 149 Å². The fourth-order valence-corrected chi connectivity index (χ4v) is 4.03. The summed E-state index contributed by atoms with van der Waals surface area (Å²) in [5.74, 6) is 1.31. The Kier molecular flexibility index (Phi) is 3.11. The van der Waals surface area contributed by atoms with Crippen molar-refractivity contribution >= 4 is 22.7 Å². The number of aromatic nitrogens is 5. The number of rotatable bonds is 2. The van der Waals surface area contributed by atoms with Crippen LogP contribution >= 0.6 is 0 Å². The van der Waals surface area contributed by atoms with E-state index in [4.69, 9.17) is 0 Å². The lowest BCUT2D eigenvalue weighted by Gasteiger charge is -2.37. The third kappa shape index (κ3) is 2.06. The van der Waals surface area contributed by atoms with Gasteiger partial charge in [-0.05, 0) is 31.2 Å². The highest BCUT2D eigenvalue weighted by Gasteiger charge is 2.53. The summed E-state index contributed by atoms with van der Waals surface area (Å²) in [6, 6.07) is 4.19. The first-order valence-electron chi connectivity index (χ1n) is 9.01. The number of nitriles is 1. The van der Waals surface area contributed by atoms with Crippen LogP contribution in [0.15, 0.2) is 18.5 Å². The minimum absolute atomic E-state index is 0.0146. The summed E-state index contributed by atoms with van der Waals surface area (Å²) >= 11 is 0. The fourth-order valence-electron chi connectivity index (χ4n) is 4.03. The largest absolute Gasteiger partial charge is 0.345 e. The maximum atomic E-state index is 12.8. The number of hydrogen-bond donors (Lipinski definition) is 1. The van der Waals surface area contributed by atoms with Crippen LogP contribution in [-0.2, 0) is 4.79 Å². The third-order valence-corrected chi connectivity index (χ3v) is 5.92. The SMILES string of the molecule is CC1CCN(C(=O)C2(C#N)CC2)C[C@@H]1c1nnc2cnc3[nH]ccc3n12. The van der Waals surface area contributed by atoms with E-state index in [2.05, 4.69) is 33.2 Å². The van der Waals surface area contributed by atoms with Gasteiger partial charge in [-0.2, -0.15) is 5.26 Å². The van der Waals surface area contributed by atoms with Crippen LogP contribution in [0.1, 0.15) is 37.9 Å². The fraction of sp³-hybridized carbons (Fsp3) is 0.500. The molecule has 1 N–H and O–H groups in total. The van der Waals surface area contributed by atoms with E-state index in [1.54, 1.807) is 6.20 Å². The summed E-state index contributed by atoms with van der Waals surface area (Å²) in [7, 11) is 0. The van der Waals surface area contributed by atoms with Crippen molar-refractivity contribution in [3.05, 3.63) is 24.3 Å². The quantitative estimate of drug-likeness (QED) is 0.760. The van der Waals surface area contributed by atoms with Gasteiger partial charge in [-0.1, -0.05) is 6.92 Å². The molecule has 1 aliphatic heterocycles.